The smallest absolute Gasteiger partial charge is 0.128 e. The Balaban J connectivity index is 1.75. The highest BCUT2D eigenvalue weighted by atomic mass is 15.1. The maximum atomic E-state index is 4.46. The zero-order valence-corrected chi connectivity index (χ0v) is 11.4. The molecule has 4 heteroatoms. The van der Waals surface area contributed by atoms with Crippen LogP contribution in [0.1, 0.15) is 19.8 Å². The van der Waals surface area contributed by atoms with Crippen LogP contribution in [0.4, 0.5) is 11.6 Å². The Morgan fingerprint density at radius 3 is 2.72 bits per heavy atom. The first-order valence-electron chi connectivity index (χ1n) is 6.89. The molecule has 2 rings (SSSR count). The fraction of sp³-hybridized carbons (Fsp3) is 0.643. The van der Waals surface area contributed by atoms with Crippen molar-refractivity contribution in [3.05, 3.63) is 18.2 Å². The molecule has 1 aliphatic heterocycles. The number of hydrogen-bond acceptors (Lipinski definition) is 4. The van der Waals surface area contributed by atoms with E-state index in [0.29, 0.717) is 5.92 Å². The molecule has 1 aromatic heterocycles. The molecule has 1 unspecified atom stereocenters. The second-order valence-electron chi connectivity index (χ2n) is 5.15. The lowest BCUT2D eigenvalue weighted by molar-refractivity contribution is 0.294. The third-order valence-electron chi connectivity index (χ3n) is 3.41. The van der Waals surface area contributed by atoms with E-state index in [1.165, 1.54) is 32.5 Å². The van der Waals surface area contributed by atoms with Gasteiger partial charge in [-0.05, 0) is 44.0 Å². The van der Waals surface area contributed by atoms with Gasteiger partial charge in [0.05, 0.1) is 0 Å². The van der Waals surface area contributed by atoms with Crippen LogP contribution in [0.2, 0.25) is 0 Å². The van der Waals surface area contributed by atoms with Crippen molar-refractivity contribution in [2.24, 2.45) is 5.92 Å². The molecule has 1 saturated heterocycles. The molecule has 0 aromatic carbocycles. The normalized spacial score (nSPS) is 17.7. The average Bonchev–Trinajstić information content (AvgIpc) is 2.89. The number of rotatable bonds is 6. The zero-order chi connectivity index (χ0) is 12.8. The minimum Gasteiger partial charge on any atom is -0.373 e. The minimum absolute atomic E-state index is 0.656. The van der Waals surface area contributed by atoms with Crippen molar-refractivity contribution in [3.8, 4) is 0 Å². The number of anilines is 2. The number of likely N-dealkylation sites (tertiary alicyclic amines) is 1. The second kappa shape index (κ2) is 6.59. The molecule has 1 atom stereocenters. The van der Waals surface area contributed by atoms with Gasteiger partial charge in [0.1, 0.15) is 11.6 Å². The molecule has 0 bridgehead atoms. The first-order chi connectivity index (χ1) is 8.78. The first kappa shape index (κ1) is 13.1. The summed E-state index contributed by atoms with van der Waals surface area (Å²) in [5.41, 5.74) is 0. The van der Waals surface area contributed by atoms with Crippen LogP contribution < -0.4 is 10.6 Å². The Kier molecular flexibility index (Phi) is 4.81. The van der Waals surface area contributed by atoms with Crippen LogP contribution in [0, 0.1) is 5.92 Å². The molecule has 2 heterocycles. The Morgan fingerprint density at radius 2 is 2.00 bits per heavy atom. The summed E-state index contributed by atoms with van der Waals surface area (Å²) in [6.07, 6.45) is 2.73. The topological polar surface area (TPSA) is 40.2 Å². The third kappa shape index (κ3) is 3.88. The summed E-state index contributed by atoms with van der Waals surface area (Å²) in [7, 11) is 1.89. The van der Waals surface area contributed by atoms with E-state index in [1.54, 1.807) is 0 Å². The van der Waals surface area contributed by atoms with Gasteiger partial charge in [-0.25, -0.2) is 4.98 Å². The molecule has 0 radical (unpaired) electrons. The van der Waals surface area contributed by atoms with Crippen molar-refractivity contribution >= 4 is 11.6 Å². The molecular weight excluding hydrogens is 224 g/mol. The predicted molar refractivity (Wildman–Crippen MR) is 77.1 cm³/mol. The van der Waals surface area contributed by atoms with Crippen molar-refractivity contribution in [3.63, 3.8) is 0 Å². The van der Waals surface area contributed by atoms with Crippen molar-refractivity contribution in [1.29, 1.82) is 0 Å². The van der Waals surface area contributed by atoms with Gasteiger partial charge in [-0.2, -0.15) is 0 Å². The van der Waals surface area contributed by atoms with Gasteiger partial charge in [0, 0.05) is 20.1 Å². The summed E-state index contributed by atoms with van der Waals surface area (Å²) >= 11 is 0. The van der Waals surface area contributed by atoms with Crippen LogP contribution in [0.25, 0.3) is 0 Å². The van der Waals surface area contributed by atoms with E-state index in [1.807, 2.05) is 25.2 Å². The van der Waals surface area contributed by atoms with Gasteiger partial charge in [-0.1, -0.05) is 13.0 Å². The van der Waals surface area contributed by atoms with E-state index >= 15 is 0 Å². The molecular formula is C14H24N4. The van der Waals surface area contributed by atoms with Crippen LogP contribution in [-0.2, 0) is 0 Å². The van der Waals surface area contributed by atoms with E-state index in [2.05, 4.69) is 27.4 Å². The molecule has 0 spiro atoms. The molecule has 1 aliphatic rings. The van der Waals surface area contributed by atoms with Gasteiger partial charge in [-0.15, -0.1) is 0 Å². The molecule has 0 amide bonds. The highest BCUT2D eigenvalue weighted by Gasteiger charge is 2.14. The third-order valence-corrected chi connectivity index (χ3v) is 3.41. The van der Waals surface area contributed by atoms with Gasteiger partial charge < -0.3 is 15.5 Å². The summed E-state index contributed by atoms with van der Waals surface area (Å²) < 4.78 is 0. The highest BCUT2D eigenvalue weighted by Crippen LogP contribution is 2.12. The lowest BCUT2D eigenvalue weighted by Crippen LogP contribution is -2.29. The molecule has 1 fully saturated rings. The molecule has 1 aromatic rings. The molecule has 0 saturated carbocycles. The highest BCUT2D eigenvalue weighted by molar-refractivity contribution is 5.44. The molecule has 0 aliphatic carbocycles. The molecule has 18 heavy (non-hydrogen) atoms. The van der Waals surface area contributed by atoms with Crippen molar-refractivity contribution < 1.29 is 0 Å². The van der Waals surface area contributed by atoms with Gasteiger partial charge in [0.25, 0.3) is 0 Å². The minimum atomic E-state index is 0.656. The van der Waals surface area contributed by atoms with Gasteiger partial charge >= 0.3 is 0 Å². The van der Waals surface area contributed by atoms with Crippen molar-refractivity contribution in [2.75, 3.05) is 43.9 Å². The lowest BCUT2D eigenvalue weighted by Gasteiger charge is -2.20. The molecule has 2 N–H and O–H groups in total. The number of nitrogens with zero attached hydrogens (tertiary/aromatic N) is 2. The molecule has 4 nitrogen and oxygen atoms in total. The number of aromatic nitrogens is 1. The van der Waals surface area contributed by atoms with E-state index in [9.17, 15) is 0 Å². The maximum absolute atomic E-state index is 4.46. The van der Waals surface area contributed by atoms with Gasteiger partial charge in [0.15, 0.2) is 0 Å². The summed E-state index contributed by atoms with van der Waals surface area (Å²) in [6.45, 7) is 7.03. The predicted octanol–water partition coefficient (Wildman–Crippen LogP) is 2.27. The standard InChI is InChI=1S/C14H24N4/c1-12(11-18-8-3-4-9-18)10-16-14-7-5-6-13(15-2)17-14/h5-7,12H,3-4,8-11H2,1-2H3,(H2,15,16,17). The molecule has 100 valence electrons. The Labute approximate surface area is 110 Å². The van der Waals surface area contributed by atoms with Crippen LogP contribution in [0.5, 0.6) is 0 Å². The zero-order valence-electron chi connectivity index (χ0n) is 11.4. The van der Waals surface area contributed by atoms with E-state index in [0.717, 1.165) is 18.2 Å². The number of nitrogens with one attached hydrogen (secondary N) is 2. The number of pyridine rings is 1. The fourth-order valence-corrected chi connectivity index (χ4v) is 2.42. The second-order valence-corrected chi connectivity index (χ2v) is 5.15. The van der Waals surface area contributed by atoms with Crippen LogP contribution >= 0.6 is 0 Å². The van der Waals surface area contributed by atoms with E-state index in [4.69, 9.17) is 0 Å². The Morgan fingerprint density at radius 1 is 1.28 bits per heavy atom. The fourth-order valence-electron chi connectivity index (χ4n) is 2.42. The average molecular weight is 248 g/mol. The van der Waals surface area contributed by atoms with Gasteiger partial charge in [0.2, 0.25) is 0 Å². The largest absolute Gasteiger partial charge is 0.373 e. The Bertz CT molecular complexity index is 361. The van der Waals surface area contributed by atoms with Crippen LogP contribution in [0.3, 0.4) is 0 Å². The van der Waals surface area contributed by atoms with E-state index < -0.39 is 0 Å². The summed E-state index contributed by atoms with van der Waals surface area (Å²) in [5, 5.41) is 6.47. The van der Waals surface area contributed by atoms with Crippen molar-refractivity contribution in [1.82, 2.24) is 9.88 Å². The van der Waals surface area contributed by atoms with Crippen molar-refractivity contribution in [2.45, 2.75) is 19.8 Å². The monoisotopic (exact) mass is 248 g/mol. The van der Waals surface area contributed by atoms with Crippen LogP contribution in [0.15, 0.2) is 18.2 Å². The van der Waals surface area contributed by atoms with Gasteiger partial charge in [-0.3, -0.25) is 0 Å². The SMILES string of the molecule is CNc1cccc(NCC(C)CN2CCCC2)n1. The lowest BCUT2D eigenvalue weighted by atomic mass is 10.1. The maximum Gasteiger partial charge on any atom is 0.128 e. The quantitative estimate of drug-likeness (QED) is 0.810. The summed E-state index contributed by atoms with van der Waals surface area (Å²) in [5.74, 6) is 2.52. The summed E-state index contributed by atoms with van der Waals surface area (Å²) in [6, 6.07) is 6.01. The van der Waals surface area contributed by atoms with Crippen LogP contribution in [-0.4, -0.2) is 43.1 Å². The Hall–Kier alpha value is -1.29. The van der Waals surface area contributed by atoms with E-state index in [-0.39, 0.29) is 0 Å². The number of hydrogen-bond donors (Lipinski definition) is 2. The summed E-state index contributed by atoms with van der Waals surface area (Å²) in [4.78, 5) is 7.02. The first-order valence-corrected chi connectivity index (χ1v) is 6.89.